The third-order valence-corrected chi connectivity index (χ3v) is 5.87. The fourth-order valence-corrected chi connectivity index (χ4v) is 4.28. The summed E-state index contributed by atoms with van der Waals surface area (Å²) in [5.74, 6) is -0.652. The molecule has 0 bridgehead atoms. The Morgan fingerprint density at radius 1 is 1.28 bits per heavy atom. The fourth-order valence-electron chi connectivity index (χ4n) is 2.68. The van der Waals surface area contributed by atoms with Crippen LogP contribution in [0.1, 0.15) is 26.2 Å². The van der Waals surface area contributed by atoms with Gasteiger partial charge in [-0.2, -0.15) is 4.31 Å². The number of nitrogens with one attached hydrogen (secondary N) is 2. The van der Waals surface area contributed by atoms with Gasteiger partial charge >= 0.3 is 12.0 Å². The average Bonchev–Trinajstić information content (AvgIpc) is 2.55. The number of urea groups is 1. The molecule has 1 aliphatic heterocycles. The minimum absolute atomic E-state index is 0.0147. The van der Waals surface area contributed by atoms with Gasteiger partial charge < -0.3 is 15.7 Å². The smallest absolute Gasteiger partial charge is 0.319 e. The lowest BCUT2D eigenvalue weighted by molar-refractivity contribution is -0.136. The Labute approximate surface area is 147 Å². The van der Waals surface area contributed by atoms with Gasteiger partial charge in [0, 0.05) is 25.3 Å². The first-order chi connectivity index (χ1) is 11.8. The van der Waals surface area contributed by atoms with Crippen LogP contribution >= 0.6 is 0 Å². The molecular formula is C16H23N3O5S. The molecule has 138 valence electrons. The molecule has 1 unspecified atom stereocenters. The second-order valence-corrected chi connectivity index (χ2v) is 8.10. The molecule has 0 saturated carbocycles. The largest absolute Gasteiger partial charge is 0.481 e. The summed E-state index contributed by atoms with van der Waals surface area (Å²) in [5.41, 5.74) is 0.429. The Bertz CT molecular complexity index is 718. The molecule has 1 saturated heterocycles. The Hall–Kier alpha value is -2.13. The van der Waals surface area contributed by atoms with Crippen molar-refractivity contribution in [2.75, 3.05) is 25.0 Å². The van der Waals surface area contributed by atoms with Crippen LogP contribution in [0.25, 0.3) is 0 Å². The molecule has 2 rings (SSSR count). The zero-order valence-corrected chi connectivity index (χ0v) is 14.9. The summed E-state index contributed by atoms with van der Waals surface area (Å²) < 4.78 is 26.8. The van der Waals surface area contributed by atoms with Crippen molar-refractivity contribution < 1.29 is 23.1 Å². The number of piperidine rings is 1. The van der Waals surface area contributed by atoms with Gasteiger partial charge in [-0.1, -0.05) is 6.92 Å². The summed E-state index contributed by atoms with van der Waals surface area (Å²) in [7, 11) is -3.52. The van der Waals surface area contributed by atoms with Crippen molar-refractivity contribution in [3.63, 3.8) is 0 Å². The second-order valence-electron chi connectivity index (χ2n) is 6.16. The van der Waals surface area contributed by atoms with Crippen LogP contribution in [0, 0.1) is 5.92 Å². The number of hydrogen-bond acceptors (Lipinski definition) is 4. The van der Waals surface area contributed by atoms with Gasteiger partial charge in [0.05, 0.1) is 11.3 Å². The molecule has 0 aromatic heterocycles. The number of anilines is 1. The van der Waals surface area contributed by atoms with E-state index in [4.69, 9.17) is 5.11 Å². The molecule has 0 aliphatic carbocycles. The SMILES string of the molecule is CC1CCCN(S(=O)(=O)c2ccc(NC(=O)NCCC(=O)O)cc2)C1. The molecule has 3 N–H and O–H groups in total. The monoisotopic (exact) mass is 369 g/mol. The van der Waals surface area contributed by atoms with Crippen LogP contribution in [-0.2, 0) is 14.8 Å². The molecule has 1 aromatic carbocycles. The molecule has 1 fully saturated rings. The van der Waals surface area contributed by atoms with Crippen LogP contribution in [0.4, 0.5) is 10.5 Å². The van der Waals surface area contributed by atoms with Crippen molar-refractivity contribution in [2.45, 2.75) is 31.1 Å². The standard InChI is InChI=1S/C16H23N3O5S/c1-12-3-2-10-19(11-12)25(23,24)14-6-4-13(5-7-14)18-16(22)17-9-8-15(20)21/h4-7,12H,2-3,8-11H2,1H3,(H,20,21)(H2,17,18,22). The topological polar surface area (TPSA) is 116 Å². The van der Waals surface area contributed by atoms with Crippen LogP contribution in [0.2, 0.25) is 0 Å². The van der Waals surface area contributed by atoms with Gasteiger partial charge in [0.15, 0.2) is 0 Å². The summed E-state index contributed by atoms with van der Waals surface area (Å²) in [6.07, 6.45) is 1.72. The second kappa shape index (κ2) is 8.30. The van der Waals surface area contributed by atoms with Crippen molar-refractivity contribution in [2.24, 2.45) is 5.92 Å². The summed E-state index contributed by atoms with van der Waals surface area (Å²) in [4.78, 5) is 22.2. The maximum atomic E-state index is 12.6. The van der Waals surface area contributed by atoms with E-state index in [0.717, 1.165) is 12.8 Å². The van der Waals surface area contributed by atoms with E-state index in [1.807, 2.05) is 6.92 Å². The Morgan fingerprint density at radius 2 is 1.96 bits per heavy atom. The van der Waals surface area contributed by atoms with Gasteiger partial charge in [-0.05, 0) is 43.0 Å². The third kappa shape index (κ3) is 5.43. The number of aliphatic carboxylic acids is 1. The number of hydrogen-bond donors (Lipinski definition) is 3. The van der Waals surface area contributed by atoms with E-state index in [2.05, 4.69) is 10.6 Å². The van der Waals surface area contributed by atoms with Crippen molar-refractivity contribution in [1.29, 1.82) is 0 Å². The number of carbonyl (C=O) groups excluding carboxylic acids is 1. The maximum Gasteiger partial charge on any atom is 0.319 e. The Balaban J connectivity index is 1.97. The molecule has 8 nitrogen and oxygen atoms in total. The molecule has 2 amide bonds. The number of benzene rings is 1. The van der Waals surface area contributed by atoms with E-state index < -0.39 is 22.0 Å². The predicted octanol–water partition coefficient (Wildman–Crippen LogP) is 1.70. The lowest BCUT2D eigenvalue weighted by Gasteiger charge is -2.30. The summed E-state index contributed by atoms with van der Waals surface area (Å²) in [5, 5.41) is 13.5. The zero-order valence-electron chi connectivity index (χ0n) is 14.1. The van der Waals surface area contributed by atoms with E-state index in [9.17, 15) is 18.0 Å². The molecular weight excluding hydrogens is 346 g/mol. The minimum Gasteiger partial charge on any atom is -0.481 e. The zero-order chi connectivity index (χ0) is 18.4. The fraction of sp³-hybridized carbons (Fsp3) is 0.500. The lowest BCUT2D eigenvalue weighted by Crippen LogP contribution is -2.39. The van der Waals surface area contributed by atoms with Crippen molar-refractivity contribution in [1.82, 2.24) is 9.62 Å². The number of rotatable bonds is 6. The van der Waals surface area contributed by atoms with E-state index in [1.54, 1.807) is 0 Å². The van der Waals surface area contributed by atoms with Crippen molar-refractivity contribution >= 4 is 27.7 Å². The normalized spacial score (nSPS) is 18.5. The summed E-state index contributed by atoms with van der Waals surface area (Å²) >= 11 is 0. The highest BCUT2D eigenvalue weighted by Gasteiger charge is 2.28. The highest BCUT2D eigenvalue weighted by atomic mass is 32.2. The van der Waals surface area contributed by atoms with Crippen LogP contribution < -0.4 is 10.6 Å². The molecule has 1 heterocycles. The number of carboxylic acids is 1. The number of amides is 2. The highest BCUT2D eigenvalue weighted by Crippen LogP contribution is 2.24. The van der Waals surface area contributed by atoms with E-state index >= 15 is 0 Å². The van der Waals surface area contributed by atoms with Crippen molar-refractivity contribution in [3.05, 3.63) is 24.3 Å². The van der Waals surface area contributed by atoms with Gasteiger partial charge in [-0.25, -0.2) is 13.2 Å². The van der Waals surface area contributed by atoms with Crippen LogP contribution in [-0.4, -0.2) is 49.5 Å². The number of carbonyl (C=O) groups is 2. The quantitative estimate of drug-likeness (QED) is 0.706. The molecule has 1 aliphatic rings. The first-order valence-corrected chi connectivity index (χ1v) is 9.60. The van der Waals surface area contributed by atoms with Crippen LogP contribution in [0.15, 0.2) is 29.2 Å². The predicted molar refractivity (Wildman–Crippen MR) is 92.9 cm³/mol. The molecule has 0 radical (unpaired) electrons. The van der Waals surface area contributed by atoms with Gasteiger partial charge in [-0.15, -0.1) is 0 Å². The van der Waals surface area contributed by atoms with Gasteiger partial charge in [0.1, 0.15) is 0 Å². The first-order valence-electron chi connectivity index (χ1n) is 8.16. The highest BCUT2D eigenvalue weighted by molar-refractivity contribution is 7.89. The molecule has 0 spiro atoms. The summed E-state index contributed by atoms with van der Waals surface area (Å²) in [6, 6.07) is 5.40. The van der Waals surface area contributed by atoms with Gasteiger partial charge in [0.2, 0.25) is 10.0 Å². The van der Waals surface area contributed by atoms with E-state index in [-0.39, 0.29) is 17.9 Å². The van der Waals surface area contributed by atoms with E-state index in [0.29, 0.717) is 24.7 Å². The summed E-state index contributed by atoms with van der Waals surface area (Å²) in [6.45, 7) is 3.10. The lowest BCUT2D eigenvalue weighted by atomic mass is 10.0. The molecule has 1 aromatic rings. The molecule has 1 atom stereocenters. The molecule has 25 heavy (non-hydrogen) atoms. The Morgan fingerprint density at radius 3 is 2.56 bits per heavy atom. The number of carboxylic acid groups (broad SMARTS) is 1. The van der Waals surface area contributed by atoms with Crippen LogP contribution in [0.5, 0.6) is 0 Å². The van der Waals surface area contributed by atoms with Gasteiger partial charge in [-0.3, -0.25) is 4.79 Å². The van der Waals surface area contributed by atoms with E-state index in [1.165, 1.54) is 28.6 Å². The Kier molecular flexibility index (Phi) is 6.38. The molecule has 9 heteroatoms. The third-order valence-electron chi connectivity index (χ3n) is 3.99. The van der Waals surface area contributed by atoms with Crippen LogP contribution in [0.3, 0.4) is 0 Å². The van der Waals surface area contributed by atoms with Gasteiger partial charge in [0.25, 0.3) is 0 Å². The number of sulfonamides is 1. The minimum atomic E-state index is -3.52. The van der Waals surface area contributed by atoms with Crippen molar-refractivity contribution in [3.8, 4) is 0 Å². The maximum absolute atomic E-state index is 12.6. The number of nitrogens with zero attached hydrogens (tertiary/aromatic N) is 1. The average molecular weight is 369 g/mol. The first kappa shape index (κ1) is 19.2.